The molecule has 2 aromatic rings. The van der Waals surface area contributed by atoms with Crippen LogP contribution in [0.5, 0.6) is 0 Å². The van der Waals surface area contributed by atoms with Crippen LogP contribution in [-0.2, 0) is 4.74 Å². The number of hydrogen-bond acceptors (Lipinski definition) is 2. The second-order valence-corrected chi connectivity index (χ2v) is 7.36. The van der Waals surface area contributed by atoms with Crippen LogP contribution in [0.15, 0.2) is 61.0 Å². The van der Waals surface area contributed by atoms with E-state index < -0.39 is 0 Å². The molecule has 0 saturated heterocycles. The van der Waals surface area contributed by atoms with E-state index in [4.69, 9.17) is 4.74 Å². The fourth-order valence-corrected chi connectivity index (χ4v) is 3.68. The van der Waals surface area contributed by atoms with Crippen molar-refractivity contribution in [1.82, 2.24) is 10.3 Å². The highest BCUT2D eigenvalue weighted by Crippen LogP contribution is 2.35. The van der Waals surface area contributed by atoms with Crippen molar-refractivity contribution in [3.63, 3.8) is 0 Å². The molecule has 4 nitrogen and oxygen atoms in total. The Morgan fingerprint density at radius 2 is 1.76 bits per heavy atom. The topological polar surface area (TPSA) is 54.1 Å². The van der Waals surface area contributed by atoms with E-state index >= 15 is 0 Å². The molecule has 152 valence electrons. The Morgan fingerprint density at radius 3 is 2.38 bits per heavy atom. The number of hydrogen-bond donors (Lipinski definition) is 2. The number of halogens is 1. The van der Waals surface area contributed by atoms with Crippen molar-refractivity contribution < 1.29 is 13.9 Å². The second kappa shape index (κ2) is 8.95. The quantitative estimate of drug-likeness (QED) is 0.483. The summed E-state index contributed by atoms with van der Waals surface area (Å²) < 4.78 is 18.8. The Balaban J connectivity index is 1.83. The van der Waals surface area contributed by atoms with Crippen molar-refractivity contribution in [2.75, 3.05) is 7.11 Å². The molecule has 1 aliphatic rings. The van der Waals surface area contributed by atoms with Gasteiger partial charge in [0.25, 0.3) is 5.91 Å². The normalized spacial score (nSPS) is 15.0. The summed E-state index contributed by atoms with van der Waals surface area (Å²) in [6.07, 6.45) is 6.14. The molecule has 0 atom stereocenters. The minimum absolute atomic E-state index is 0.109. The van der Waals surface area contributed by atoms with Crippen molar-refractivity contribution in [2.45, 2.75) is 38.6 Å². The van der Waals surface area contributed by atoms with Gasteiger partial charge in [0.1, 0.15) is 17.3 Å². The average molecular weight is 394 g/mol. The highest BCUT2D eigenvalue weighted by atomic mass is 19.1. The molecular weight excluding hydrogens is 367 g/mol. The van der Waals surface area contributed by atoms with E-state index in [0.29, 0.717) is 22.6 Å². The highest BCUT2D eigenvalue weighted by Gasteiger charge is 2.21. The number of methoxy groups -OCH3 is 1. The molecule has 1 aliphatic carbocycles. The Morgan fingerprint density at radius 1 is 1.14 bits per heavy atom. The molecule has 1 aromatic carbocycles. The van der Waals surface area contributed by atoms with E-state index in [0.717, 1.165) is 42.4 Å². The van der Waals surface area contributed by atoms with Gasteiger partial charge in [0.05, 0.1) is 7.11 Å². The Labute approximate surface area is 171 Å². The number of carbonyl (C=O) groups is 1. The van der Waals surface area contributed by atoms with Gasteiger partial charge in [-0.25, -0.2) is 4.39 Å². The van der Waals surface area contributed by atoms with Gasteiger partial charge in [0.2, 0.25) is 0 Å². The lowest BCUT2D eigenvalue weighted by Crippen LogP contribution is -2.32. The summed E-state index contributed by atoms with van der Waals surface area (Å²) in [6, 6.07) is 8.17. The number of carbonyl (C=O) groups excluding carboxylic acids is 1. The summed E-state index contributed by atoms with van der Waals surface area (Å²) in [7, 11) is 1.58. The van der Waals surface area contributed by atoms with Gasteiger partial charge in [-0.1, -0.05) is 38.1 Å². The average Bonchev–Trinajstić information content (AvgIpc) is 3.40. The molecule has 0 bridgehead atoms. The second-order valence-electron chi connectivity index (χ2n) is 7.36. The number of aromatic nitrogens is 1. The maximum Gasteiger partial charge on any atom is 0.267 e. The monoisotopic (exact) mass is 394 g/mol. The number of aromatic amines is 1. The number of H-pyrrole nitrogens is 1. The van der Waals surface area contributed by atoms with Gasteiger partial charge in [-0.15, -0.1) is 0 Å². The van der Waals surface area contributed by atoms with Crippen LogP contribution in [-0.4, -0.2) is 24.0 Å². The first-order chi connectivity index (χ1) is 13.9. The van der Waals surface area contributed by atoms with Crippen molar-refractivity contribution in [3.05, 3.63) is 83.7 Å². The van der Waals surface area contributed by atoms with E-state index in [9.17, 15) is 9.18 Å². The maximum atomic E-state index is 13.3. The third kappa shape index (κ3) is 4.67. The number of benzene rings is 1. The molecule has 3 rings (SSSR count). The van der Waals surface area contributed by atoms with E-state index in [1.807, 2.05) is 6.92 Å². The van der Waals surface area contributed by atoms with Crippen molar-refractivity contribution in [1.29, 1.82) is 0 Å². The SMILES string of the molecule is C=C(/C(C(=C)c1c[nH]c(C(=O)NC2CCCC2)c1)=C(/C)OC)c1ccc(F)cc1. The first kappa shape index (κ1) is 20.6. The summed E-state index contributed by atoms with van der Waals surface area (Å²) in [5.41, 5.74) is 4.11. The van der Waals surface area contributed by atoms with Crippen LogP contribution in [0.4, 0.5) is 4.39 Å². The molecule has 0 aliphatic heterocycles. The fraction of sp³-hybridized carbons (Fsp3) is 0.292. The molecule has 1 saturated carbocycles. The van der Waals surface area contributed by atoms with Gasteiger partial charge >= 0.3 is 0 Å². The molecule has 0 unspecified atom stereocenters. The zero-order valence-corrected chi connectivity index (χ0v) is 17.0. The summed E-state index contributed by atoms with van der Waals surface area (Å²) in [5, 5.41) is 3.07. The van der Waals surface area contributed by atoms with E-state index in [1.54, 1.807) is 31.5 Å². The van der Waals surface area contributed by atoms with Gasteiger partial charge in [-0.3, -0.25) is 4.79 Å². The summed E-state index contributed by atoms with van der Waals surface area (Å²) in [4.78, 5) is 15.6. The summed E-state index contributed by atoms with van der Waals surface area (Å²) in [5.74, 6) is 0.225. The number of rotatable bonds is 7. The summed E-state index contributed by atoms with van der Waals surface area (Å²) >= 11 is 0. The molecule has 0 radical (unpaired) electrons. The van der Waals surface area contributed by atoms with Gasteiger partial charge in [-0.05, 0) is 54.7 Å². The van der Waals surface area contributed by atoms with Crippen LogP contribution in [0.3, 0.4) is 0 Å². The van der Waals surface area contributed by atoms with Gasteiger partial charge in [0.15, 0.2) is 0 Å². The molecule has 1 amide bonds. The van der Waals surface area contributed by atoms with E-state index in [1.165, 1.54) is 12.1 Å². The van der Waals surface area contributed by atoms with Crippen molar-refractivity contribution in [3.8, 4) is 0 Å². The van der Waals surface area contributed by atoms with Crippen LogP contribution in [0.2, 0.25) is 0 Å². The Kier molecular flexibility index (Phi) is 6.37. The molecule has 1 heterocycles. The van der Waals surface area contributed by atoms with Crippen LogP contribution < -0.4 is 5.32 Å². The highest BCUT2D eigenvalue weighted by molar-refractivity contribution is 5.99. The zero-order chi connectivity index (χ0) is 21.0. The molecule has 1 fully saturated rings. The first-order valence-electron chi connectivity index (χ1n) is 9.79. The van der Waals surface area contributed by atoms with Gasteiger partial charge in [0, 0.05) is 23.4 Å². The third-order valence-corrected chi connectivity index (χ3v) is 5.42. The predicted octanol–water partition coefficient (Wildman–Crippen LogP) is 5.47. The largest absolute Gasteiger partial charge is 0.501 e. The van der Waals surface area contributed by atoms with Crippen LogP contribution in [0.1, 0.15) is 54.2 Å². The molecular formula is C24H27FN2O2. The minimum atomic E-state index is -0.307. The van der Waals surface area contributed by atoms with Crippen LogP contribution in [0, 0.1) is 5.82 Å². The van der Waals surface area contributed by atoms with Crippen LogP contribution in [0.25, 0.3) is 11.1 Å². The fourth-order valence-electron chi connectivity index (χ4n) is 3.68. The van der Waals surface area contributed by atoms with Gasteiger partial charge < -0.3 is 15.0 Å². The number of amides is 1. The number of nitrogens with one attached hydrogen (secondary N) is 2. The molecule has 0 spiro atoms. The summed E-state index contributed by atoms with van der Waals surface area (Å²) in [6.45, 7) is 10.2. The molecule has 29 heavy (non-hydrogen) atoms. The molecule has 1 aromatic heterocycles. The lowest BCUT2D eigenvalue weighted by Gasteiger charge is -2.16. The van der Waals surface area contributed by atoms with Crippen molar-refractivity contribution >= 4 is 17.1 Å². The standard InChI is InChI=1S/C24H27FN2O2/c1-15(18-9-11-20(25)12-10-18)23(17(3)29-4)16(2)19-13-22(26-14-19)24(28)27-21-7-5-6-8-21/h9-14,21,26H,1-2,5-8H2,3-4H3,(H,27,28)/b23-17+. The number of ether oxygens (including phenoxy) is 1. The zero-order valence-electron chi connectivity index (χ0n) is 17.0. The maximum absolute atomic E-state index is 13.3. The first-order valence-corrected chi connectivity index (χ1v) is 9.79. The van der Waals surface area contributed by atoms with Crippen LogP contribution >= 0.6 is 0 Å². The smallest absolute Gasteiger partial charge is 0.267 e. The third-order valence-electron chi connectivity index (χ3n) is 5.42. The predicted molar refractivity (Wildman–Crippen MR) is 115 cm³/mol. The van der Waals surface area contributed by atoms with Gasteiger partial charge in [-0.2, -0.15) is 0 Å². The Hall–Kier alpha value is -3.08. The number of allylic oxidation sites excluding steroid dienone is 4. The lowest BCUT2D eigenvalue weighted by molar-refractivity contribution is 0.0933. The van der Waals surface area contributed by atoms with E-state index in [2.05, 4.69) is 23.5 Å². The lowest BCUT2D eigenvalue weighted by atomic mass is 9.90. The van der Waals surface area contributed by atoms with Crippen molar-refractivity contribution in [2.24, 2.45) is 0 Å². The molecule has 2 N–H and O–H groups in total. The molecule has 5 heteroatoms. The minimum Gasteiger partial charge on any atom is -0.501 e. The van der Waals surface area contributed by atoms with E-state index in [-0.39, 0.29) is 17.8 Å². The Bertz CT molecular complexity index is 948.